The quantitative estimate of drug-likeness (QED) is 0.661. The van der Waals surface area contributed by atoms with E-state index >= 15 is 0 Å². The van der Waals surface area contributed by atoms with Crippen LogP contribution >= 0.6 is 0 Å². The number of hydrogen-bond donors (Lipinski definition) is 2. The van der Waals surface area contributed by atoms with Crippen molar-refractivity contribution < 1.29 is 14.7 Å². The zero-order chi connectivity index (χ0) is 12.6. The van der Waals surface area contributed by atoms with Gasteiger partial charge in [0, 0.05) is 12.6 Å². The van der Waals surface area contributed by atoms with Crippen molar-refractivity contribution in [3.63, 3.8) is 0 Å². The summed E-state index contributed by atoms with van der Waals surface area (Å²) in [5.41, 5.74) is 0. The lowest BCUT2D eigenvalue weighted by molar-refractivity contribution is -0.137. The van der Waals surface area contributed by atoms with Crippen molar-refractivity contribution in [2.45, 2.75) is 32.7 Å². The molecule has 0 heterocycles. The van der Waals surface area contributed by atoms with Gasteiger partial charge in [-0.3, -0.25) is 4.79 Å². The fourth-order valence-corrected chi connectivity index (χ4v) is 1.25. The lowest BCUT2D eigenvalue weighted by atomic mass is 10.2. The van der Waals surface area contributed by atoms with E-state index in [-0.39, 0.29) is 19.0 Å². The molecule has 16 heavy (non-hydrogen) atoms. The van der Waals surface area contributed by atoms with E-state index in [0.717, 1.165) is 6.42 Å². The van der Waals surface area contributed by atoms with Gasteiger partial charge < -0.3 is 15.3 Å². The van der Waals surface area contributed by atoms with Crippen LogP contribution in [0.2, 0.25) is 0 Å². The summed E-state index contributed by atoms with van der Waals surface area (Å²) in [5, 5.41) is 11.1. The SMILES string of the molecule is C#CCN(CCC)C(=O)NC(C)CC(=O)O. The fourth-order valence-electron chi connectivity index (χ4n) is 1.25. The van der Waals surface area contributed by atoms with Crippen LogP contribution in [0.4, 0.5) is 4.79 Å². The van der Waals surface area contributed by atoms with Crippen molar-refractivity contribution in [3.8, 4) is 12.3 Å². The molecule has 0 aromatic rings. The average molecular weight is 226 g/mol. The first-order chi connectivity index (χ1) is 7.51. The number of urea groups is 1. The highest BCUT2D eigenvalue weighted by Crippen LogP contribution is 1.96. The van der Waals surface area contributed by atoms with Gasteiger partial charge in [0.25, 0.3) is 0 Å². The molecule has 0 aliphatic rings. The van der Waals surface area contributed by atoms with Gasteiger partial charge >= 0.3 is 12.0 Å². The highest BCUT2D eigenvalue weighted by Gasteiger charge is 2.15. The topological polar surface area (TPSA) is 69.6 Å². The molecule has 1 unspecified atom stereocenters. The van der Waals surface area contributed by atoms with Gasteiger partial charge in [-0.05, 0) is 13.3 Å². The Kier molecular flexibility index (Phi) is 6.77. The number of nitrogens with one attached hydrogen (secondary N) is 1. The molecule has 1 atom stereocenters. The Hall–Kier alpha value is -1.70. The number of carboxylic acids is 1. The zero-order valence-corrected chi connectivity index (χ0v) is 9.69. The molecule has 2 N–H and O–H groups in total. The zero-order valence-electron chi connectivity index (χ0n) is 9.69. The molecule has 0 bridgehead atoms. The largest absolute Gasteiger partial charge is 0.481 e. The number of rotatable bonds is 6. The predicted molar refractivity (Wildman–Crippen MR) is 60.9 cm³/mol. The summed E-state index contributed by atoms with van der Waals surface area (Å²) < 4.78 is 0. The first-order valence-electron chi connectivity index (χ1n) is 5.22. The van der Waals surface area contributed by atoms with Crippen molar-refractivity contribution in [1.82, 2.24) is 10.2 Å². The highest BCUT2D eigenvalue weighted by molar-refractivity contribution is 5.76. The van der Waals surface area contributed by atoms with Gasteiger partial charge in [0.2, 0.25) is 0 Å². The maximum Gasteiger partial charge on any atom is 0.318 e. The van der Waals surface area contributed by atoms with E-state index in [1.54, 1.807) is 6.92 Å². The van der Waals surface area contributed by atoms with Gasteiger partial charge in [0.15, 0.2) is 0 Å². The van der Waals surface area contributed by atoms with E-state index in [1.807, 2.05) is 6.92 Å². The third-order valence-corrected chi connectivity index (χ3v) is 1.91. The van der Waals surface area contributed by atoms with Crippen molar-refractivity contribution >= 4 is 12.0 Å². The number of carboxylic acid groups (broad SMARTS) is 1. The van der Waals surface area contributed by atoms with Crippen LogP contribution in [0, 0.1) is 12.3 Å². The molecule has 2 amide bonds. The lowest BCUT2D eigenvalue weighted by Crippen LogP contribution is -2.45. The van der Waals surface area contributed by atoms with E-state index < -0.39 is 12.0 Å². The second kappa shape index (κ2) is 7.57. The summed E-state index contributed by atoms with van der Waals surface area (Å²) in [4.78, 5) is 23.5. The van der Waals surface area contributed by atoms with E-state index in [4.69, 9.17) is 11.5 Å². The van der Waals surface area contributed by atoms with E-state index in [2.05, 4.69) is 11.2 Å². The predicted octanol–water partition coefficient (Wildman–Crippen LogP) is 0.904. The van der Waals surface area contributed by atoms with Gasteiger partial charge in [-0.1, -0.05) is 12.8 Å². The van der Waals surface area contributed by atoms with Gasteiger partial charge in [0.1, 0.15) is 0 Å². The minimum absolute atomic E-state index is 0.0955. The van der Waals surface area contributed by atoms with Gasteiger partial charge in [-0.15, -0.1) is 6.42 Å². The van der Waals surface area contributed by atoms with Crippen LogP contribution in [0.1, 0.15) is 26.7 Å². The number of carbonyl (C=O) groups excluding carboxylic acids is 1. The van der Waals surface area contributed by atoms with Crippen LogP contribution in [0.25, 0.3) is 0 Å². The first-order valence-corrected chi connectivity index (χ1v) is 5.22. The molecule has 0 aliphatic carbocycles. The van der Waals surface area contributed by atoms with E-state index in [9.17, 15) is 9.59 Å². The molecule has 0 saturated carbocycles. The first kappa shape index (κ1) is 14.3. The molecule has 0 spiro atoms. The number of aliphatic carboxylic acids is 1. The smallest absolute Gasteiger partial charge is 0.318 e. The highest BCUT2D eigenvalue weighted by atomic mass is 16.4. The fraction of sp³-hybridized carbons (Fsp3) is 0.636. The molecule has 90 valence electrons. The summed E-state index contributed by atoms with van der Waals surface area (Å²) in [6, 6.07) is -0.712. The number of carbonyl (C=O) groups is 2. The molecule has 5 heteroatoms. The molecule has 0 aromatic heterocycles. The Bertz CT molecular complexity index is 283. The minimum Gasteiger partial charge on any atom is -0.481 e. The average Bonchev–Trinajstić information content (AvgIpc) is 2.15. The van der Waals surface area contributed by atoms with Crippen LogP contribution in [-0.2, 0) is 4.79 Å². The molecular weight excluding hydrogens is 208 g/mol. The Morgan fingerprint density at radius 3 is 2.62 bits per heavy atom. The third-order valence-electron chi connectivity index (χ3n) is 1.91. The van der Waals surface area contributed by atoms with Crippen LogP contribution in [0.5, 0.6) is 0 Å². The Labute approximate surface area is 95.8 Å². The van der Waals surface area contributed by atoms with Crippen molar-refractivity contribution in [3.05, 3.63) is 0 Å². The molecular formula is C11H18N2O3. The molecule has 0 saturated heterocycles. The minimum atomic E-state index is -0.938. The summed E-state index contributed by atoms with van der Waals surface area (Å²) in [6.45, 7) is 4.39. The molecule has 0 rings (SSSR count). The third kappa shape index (κ3) is 5.91. The van der Waals surface area contributed by atoms with Gasteiger partial charge in [-0.2, -0.15) is 0 Å². The summed E-state index contributed by atoms with van der Waals surface area (Å²) >= 11 is 0. The van der Waals surface area contributed by atoms with Crippen molar-refractivity contribution in [1.29, 1.82) is 0 Å². The molecule has 0 aliphatic heterocycles. The van der Waals surface area contributed by atoms with Crippen LogP contribution < -0.4 is 5.32 Å². The second-order valence-electron chi connectivity index (χ2n) is 3.57. The maximum atomic E-state index is 11.6. The summed E-state index contributed by atoms with van der Waals surface area (Å²) in [7, 11) is 0. The standard InChI is InChI=1S/C11H18N2O3/c1-4-6-13(7-5-2)11(16)12-9(3)8-10(14)15/h1,9H,5-8H2,2-3H3,(H,12,16)(H,14,15). The number of nitrogens with zero attached hydrogens (tertiary/aromatic N) is 1. The summed E-state index contributed by atoms with van der Waals surface area (Å²) in [5.74, 6) is 1.46. The monoisotopic (exact) mass is 226 g/mol. The second-order valence-corrected chi connectivity index (χ2v) is 3.57. The maximum absolute atomic E-state index is 11.6. The Morgan fingerprint density at radius 1 is 1.56 bits per heavy atom. The normalized spacial score (nSPS) is 11.3. The molecule has 0 fully saturated rings. The van der Waals surface area contributed by atoms with Crippen molar-refractivity contribution in [2.24, 2.45) is 0 Å². The Morgan fingerprint density at radius 2 is 2.19 bits per heavy atom. The van der Waals surface area contributed by atoms with Crippen molar-refractivity contribution in [2.75, 3.05) is 13.1 Å². The van der Waals surface area contributed by atoms with Crippen LogP contribution in [-0.4, -0.2) is 41.1 Å². The number of terminal acetylenes is 1. The molecule has 5 nitrogen and oxygen atoms in total. The van der Waals surface area contributed by atoms with Crippen LogP contribution in [0.3, 0.4) is 0 Å². The van der Waals surface area contributed by atoms with Gasteiger partial charge in [0.05, 0.1) is 13.0 Å². The Balaban J connectivity index is 4.19. The number of hydrogen-bond acceptors (Lipinski definition) is 2. The van der Waals surface area contributed by atoms with E-state index in [0.29, 0.717) is 6.54 Å². The summed E-state index contributed by atoms with van der Waals surface area (Å²) in [6.07, 6.45) is 5.86. The molecule has 0 radical (unpaired) electrons. The van der Waals surface area contributed by atoms with Crippen LogP contribution in [0.15, 0.2) is 0 Å². The van der Waals surface area contributed by atoms with Gasteiger partial charge in [-0.25, -0.2) is 4.79 Å². The molecule has 0 aromatic carbocycles. The van der Waals surface area contributed by atoms with E-state index in [1.165, 1.54) is 4.90 Å². The number of amides is 2. The lowest BCUT2D eigenvalue weighted by Gasteiger charge is -2.22.